The van der Waals surface area contributed by atoms with Crippen LogP contribution in [0.1, 0.15) is 5.56 Å². The van der Waals surface area contributed by atoms with E-state index in [0.29, 0.717) is 12.4 Å². The van der Waals surface area contributed by atoms with E-state index in [-0.39, 0.29) is 13.1 Å². The quantitative estimate of drug-likeness (QED) is 0.427. The van der Waals surface area contributed by atoms with Gasteiger partial charge in [-0.15, -0.1) is 5.10 Å². The zero-order valence-corrected chi connectivity index (χ0v) is 16.7. The van der Waals surface area contributed by atoms with E-state index in [2.05, 4.69) is 32.2 Å². The first-order chi connectivity index (χ1) is 13.3. The van der Waals surface area contributed by atoms with Gasteiger partial charge in [0.2, 0.25) is 0 Å². The number of hydrogen-bond donors (Lipinski definition) is 0. The minimum Gasteiger partial charge on any atom is -0.253 e. The van der Waals surface area contributed by atoms with Crippen molar-refractivity contribution in [1.82, 2.24) is 24.7 Å². The molecule has 4 aromatic rings. The summed E-state index contributed by atoms with van der Waals surface area (Å²) in [4.78, 5) is 13.4. The van der Waals surface area contributed by atoms with Crippen molar-refractivity contribution in [2.45, 2.75) is 6.54 Å². The molecule has 0 saturated carbocycles. The second-order valence-corrected chi connectivity index (χ2v) is 7.21. The van der Waals surface area contributed by atoms with Crippen LogP contribution in [0.4, 0.5) is 0 Å². The van der Waals surface area contributed by atoms with Gasteiger partial charge in [0, 0.05) is 12.4 Å². The van der Waals surface area contributed by atoms with E-state index in [1.807, 2.05) is 59.3 Å². The molecule has 3 aromatic heterocycles. The van der Waals surface area contributed by atoms with Crippen LogP contribution in [0.3, 0.4) is 0 Å². The molecule has 0 radical (unpaired) electrons. The Bertz CT molecular complexity index is 950. The van der Waals surface area contributed by atoms with Gasteiger partial charge in [-0.1, -0.05) is 42.5 Å². The van der Waals surface area contributed by atoms with Crippen molar-refractivity contribution in [1.29, 1.82) is 0 Å². The summed E-state index contributed by atoms with van der Waals surface area (Å²) in [6.45, 7) is 0.632. The van der Waals surface area contributed by atoms with Gasteiger partial charge >= 0.3 is 33.3 Å². The zero-order valence-electron chi connectivity index (χ0n) is 14.1. The van der Waals surface area contributed by atoms with Crippen LogP contribution in [-0.2, 0) is 19.7 Å². The summed E-state index contributed by atoms with van der Waals surface area (Å²) < 4.78 is 1.88. The van der Waals surface area contributed by atoms with Crippen molar-refractivity contribution in [2.75, 3.05) is 0 Å². The largest absolute Gasteiger partial charge is 0.253 e. The topological polar surface area (TPSA) is 56.5 Å². The van der Waals surface area contributed by atoms with Gasteiger partial charge in [0.15, 0.2) is 11.6 Å². The van der Waals surface area contributed by atoms with Crippen LogP contribution in [0.5, 0.6) is 0 Å². The van der Waals surface area contributed by atoms with Crippen LogP contribution in [0, 0.1) is 0 Å². The molecule has 0 saturated heterocycles. The fourth-order valence-electron chi connectivity index (χ4n) is 2.50. The van der Waals surface area contributed by atoms with Gasteiger partial charge in [0.05, 0.1) is 6.54 Å². The molecule has 0 atom stereocenters. The van der Waals surface area contributed by atoms with Gasteiger partial charge in [-0.2, -0.15) is 0 Å². The molecule has 0 bridgehead atoms. The fourth-order valence-corrected chi connectivity index (χ4v) is 2.50. The predicted octanol–water partition coefficient (Wildman–Crippen LogP) is 4.83. The SMILES string of the molecule is [Cl][Fe][Cl].c1ccc(Cn2nc(-c3ccccn3)nc2-c2ccccn2)cc1. The summed E-state index contributed by atoms with van der Waals surface area (Å²) >= 11 is 0.194. The maximum Gasteiger partial charge on any atom is 0.200 e. The van der Waals surface area contributed by atoms with Crippen LogP contribution < -0.4 is 0 Å². The van der Waals surface area contributed by atoms with Crippen LogP contribution in [-0.4, -0.2) is 24.7 Å². The van der Waals surface area contributed by atoms with Gasteiger partial charge in [-0.3, -0.25) is 9.97 Å². The Morgan fingerprint density at radius 2 is 1.37 bits per heavy atom. The van der Waals surface area contributed by atoms with Gasteiger partial charge in [-0.05, 0) is 29.8 Å². The molecule has 138 valence electrons. The van der Waals surface area contributed by atoms with Crippen molar-refractivity contribution < 1.29 is 13.1 Å². The molecule has 5 nitrogen and oxygen atoms in total. The third-order valence-electron chi connectivity index (χ3n) is 3.63. The summed E-state index contributed by atoms with van der Waals surface area (Å²) in [5.41, 5.74) is 2.71. The van der Waals surface area contributed by atoms with E-state index in [9.17, 15) is 0 Å². The number of hydrogen-bond acceptors (Lipinski definition) is 4. The van der Waals surface area contributed by atoms with E-state index in [1.54, 1.807) is 12.4 Å². The molecule has 1 aromatic carbocycles. The molecule has 0 aliphatic heterocycles. The average molecular weight is 440 g/mol. The van der Waals surface area contributed by atoms with Crippen LogP contribution in [0.15, 0.2) is 79.1 Å². The number of halogens is 2. The maximum absolute atomic E-state index is 4.76. The average Bonchev–Trinajstić information content (AvgIpc) is 3.14. The molecule has 8 heteroatoms. The number of rotatable bonds is 4. The first kappa shape index (κ1) is 19.5. The Balaban J connectivity index is 0.000000659. The first-order valence-electron chi connectivity index (χ1n) is 7.98. The summed E-state index contributed by atoms with van der Waals surface area (Å²) in [6, 6.07) is 21.7. The van der Waals surface area contributed by atoms with Gasteiger partial charge in [0.1, 0.15) is 11.4 Å². The van der Waals surface area contributed by atoms with Gasteiger partial charge in [-0.25, -0.2) is 9.67 Å². The van der Waals surface area contributed by atoms with Crippen molar-refractivity contribution >= 4 is 20.2 Å². The summed E-state index contributed by atoms with van der Waals surface area (Å²) in [5, 5.41) is 4.66. The van der Waals surface area contributed by atoms with Crippen molar-refractivity contribution in [3.63, 3.8) is 0 Å². The third kappa shape index (κ3) is 5.37. The Morgan fingerprint density at radius 3 is 1.96 bits per heavy atom. The minimum absolute atomic E-state index is 0.194. The minimum atomic E-state index is 0.194. The van der Waals surface area contributed by atoms with E-state index < -0.39 is 0 Å². The first-order valence-corrected chi connectivity index (χ1v) is 11.0. The van der Waals surface area contributed by atoms with Gasteiger partial charge in [0.25, 0.3) is 0 Å². The molecule has 0 N–H and O–H groups in total. The number of nitrogens with zero attached hydrogens (tertiary/aromatic N) is 5. The third-order valence-corrected chi connectivity index (χ3v) is 3.63. The summed E-state index contributed by atoms with van der Waals surface area (Å²) in [7, 11) is 9.53. The molecule has 0 aliphatic rings. The Labute approximate surface area is 172 Å². The van der Waals surface area contributed by atoms with Crippen LogP contribution in [0.2, 0.25) is 0 Å². The molecular weight excluding hydrogens is 425 g/mol. The van der Waals surface area contributed by atoms with Crippen LogP contribution in [0.25, 0.3) is 23.0 Å². The van der Waals surface area contributed by atoms with Crippen molar-refractivity contribution in [2.24, 2.45) is 0 Å². The molecule has 27 heavy (non-hydrogen) atoms. The maximum atomic E-state index is 4.76. The summed E-state index contributed by atoms with van der Waals surface area (Å²) in [6.07, 6.45) is 3.50. The van der Waals surface area contributed by atoms with Crippen molar-refractivity contribution in [3.05, 3.63) is 84.7 Å². The fraction of sp³-hybridized carbons (Fsp3) is 0.0526. The van der Waals surface area contributed by atoms with Crippen LogP contribution >= 0.6 is 20.2 Å². The molecule has 3 heterocycles. The normalized spacial score (nSPS) is 10.3. The smallest absolute Gasteiger partial charge is 0.200 e. The molecule has 4 rings (SSSR count). The second kappa shape index (κ2) is 10.2. The predicted molar refractivity (Wildman–Crippen MR) is 104 cm³/mol. The number of pyridine rings is 2. The molecule has 0 unspecified atom stereocenters. The number of aromatic nitrogens is 5. The van der Waals surface area contributed by atoms with E-state index in [1.165, 1.54) is 0 Å². The Hall–Kier alpha value is -2.24. The zero-order chi connectivity index (χ0) is 18.9. The standard InChI is InChI=1S/C19H15N5.2ClH.Fe/c1-2-8-15(9-3-1)14-24-19(17-11-5-7-13-21-17)22-18(23-24)16-10-4-6-12-20-16;;;/h1-13H,14H2;2*1H;/q;;;+2/p-2. The van der Waals surface area contributed by atoms with E-state index >= 15 is 0 Å². The second-order valence-electron chi connectivity index (χ2n) is 5.38. The summed E-state index contributed by atoms with van der Waals surface area (Å²) in [5.74, 6) is 1.34. The number of benzene rings is 1. The van der Waals surface area contributed by atoms with Gasteiger partial charge < -0.3 is 0 Å². The van der Waals surface area contributed by atoms with E-state index in [4.69, 9.17) is 20.2 Å². The molecule has 0 fully saturated rings. The molecular formula is C19H15Cl2FeN5. The van der Waals surface area contributed by atoms with E-state index in [0.717, 1.165) is 22.8 Å². The van der Waals surface area contributed by atoms with Crippen molar-refractivity contribution in [3.8, 4) is 23.0 Å². The monoisotopic (exact) mass is 439 g/mol. The molecule has 0 aliphatic carbocycles. The molecule has 0 spiro atoms. The molecule has 0 amide bonds. The Kier molecular flexibility index (Phi) is 7.36. The Morgan fingerprint density at radius 1 is 0.778 bits per heavy atom.